The lowest BCUT2D eigenvalue weighted by Crippen LogP contribution is -2.34. The third-order valence-corrected chi connectivity index (χ3v) is 19.5. The molecular weight excluding hydrogens is 1140 g/mol. The molecule has 0 fully saturated rings. The first-order valence-corrected chi connectivity index (χ1v) is 33.6. The maximum atomic E-state index is 13.6. The van der Waals surface area contributed by atoms with Crippen LogP contribution in [0.3, 0.4) is 0 Å². The Kier molecular flexibility index (Phi) is 18.4. The van der Waals surface area contributed by atoms with Crippen LogP contribution in [0.25, 0.3) is 0 Å². The zero-order chi connectivity index (χ0) is 63.9. The molecule has 4 N–H and O–H groups in total. The Labute approximate surface area is 544 Å². The second-order valence-electron chi connectivity index (χ2n) is 28.6. The fraction of sp³-hybridized carbons (Fsp3) is 0.400. The molecule has 4 heterocycles. The minimum absolute atomic E-state index is 0.119. The van der Waals surface area contributed by atoms with Crippen LogP contribution in [0.1, 0.15) is 194 Å². The molecule has 12 nitrogen and oxygen atoms in total. The van der Waals surface area contributed by atoms with E-state index < -0.39 is 11.8 Å². The Bertz CT molecular complexity index is 3420. The zero-order valence-electron chi connectivity index (χ0n) is 55.0. The van der Waals surface area contributed by atoms with Gasteiger partial charge < -0.3 is 39.4 Å². The first-order chi connectivity index (χ1) is 44.5. The molecule has 1 aliphatic carbocycles. The highest BCUT2D eigenvalue weighted by atomic mass is 16.5. The van der Waals surface area contributed by atoms with Gasteiger partial charge in [0.05, 0.1) is 22.3 Å². The van der Waals surface area contributed by atoms with Crippen LogP contribution in [0.15, 0.2) is 146 Å². The normalized spacial score (nSPS) is 19.2. The molecule has 5 aliphatic rings. The van der Waals surface area contributed by atoms with Gasteiger partial charge in [0.2, 0.25) is 0 Å². The van der Waals surface area contributed by atoms with E-state index in [1.54, 1.807) is 0 Å². The summed E-state index contributed by atoms with van der Waals surface area (Å²) in [5.74, 6) is 2.08. The summed E-state index contributed by atoms with van der Waals surface area (Å²) < 4.78 is 28.7. The number of benzene rings is 8. The van der Waals surface area contributed by atoms with Crippen LogP contribution in [0.2, 0.25) is 0 Å². The van der Waals surface area contributed by atoms with Gasteiger partial charge in [0.15, 0.2) is 0 Å². The van der Waals surface area contributed by atoms with Crippen molar-refractivity contribution in [2.75, 3.05) is 26.9 Å². The van der Waals surface area contributed by atoms with Crippen LogP contribution < -0.4 is 18.9 Å². The molecule has 0 atom stereocenters. The van der Waals surface area contributed by atoms with Crippen LogP contribution >= 0.6 is 0 Å². The Balaban J connectivity index is 1.13. The summed E-state index contributed by atoms with van der Waals surface area (Å²) in [7, 11) is 0. The van der Waals surface area contributed by atoms with Crippen molar-refractivity contribution >= 4 is 0 Å². The van der Waals surface area contributed by atoms with Gasteiger partial charge in [-0.3, -0.25) is 19.6 Å². The zero-order valence-corrected chi connectivity index (χ0v) is 55.0. The average Bonchev–Trinajstić information content (AvgIpc) is 0.733. The van der Waals surface area contributed by atoms with Gasteiger partial charge in [-0.25, -0.2) is 0 Å². The Morgan fingerprint density at radius 3 is 0.696 bits per heavy atom. The quantitative estimate of drug-likeness (QED) is 0.0735. The second-order valence-corrected chi connectivity index (χ2v) is 28.6. The van der Waals surface area contributed by atoms with Gasteiger partial charge in [0, 0.05) is 121 Å². The maximum absolute atomic E-state index is 13.6. The minimum Gasteiger partial charge on any atom is -0.507 e. The van der Waals surface area contributed by atoms with E-state index in [4.69, 9.17) is 18.9 Å². The number of hydrogen-bond donors (Lipinski definition) is 4. The van der Waals surface area contributed by atoms with E-state index in [2.05, 4.69) is 196 Å². The Morgan fingerprint density at radius 2 is 0.500 bits per heavy atom. The fourth-order valence-electron chi connectivity index (χ4n) is 15.4. The first kappa shape index (κ1) is 62.8. The van der Waals surface area contributed by atoms with Gasteiger partial charge in [-0.1, -0.05) is 177 Å². The summed E-state index contributed by atoms with van der Waals surface area (Å²) in [5.41, 5.74) is 14.0. The van der Waals surface area contributed by atoms with E-state index >= 15 is 0 Å². The van der Waals surface area contributed by atoms with Crippen molar-refractivity contribution in [1.82, 2.24) is 19.6 Å². The SMILES string of the molecule is CC(C)CC1c2cc(c3c(c2O)CN(Cc2ccccc2)CO3)C(CC(C)C)c2cc(c(O)c3c2OCN(Cc2ccccc2)C3)C(CC(C)C)c2cc(c3c(c2O)CN(Cc2ccccc2)CO3)C(CC(C)C)c2cc1c(O)c1c2OCN(Cc2ccccc2)C1. The van der Waals surface area contributed by atoms with Crippen molar-refractivity contribution in [2.45, 2.75) is 157 Å². The summed E-state index contributed by atoms with van der Waals surface area (Å²) in [4.78, 5) is 9.00. The summed E-state index contributed by atoms with van der Waals surface area (Å²) in [6.45, 7) is 23.3. The lowest BCUT2D eigenvalue weighted by Gasteiger charge is -2.39. The molecule has 0 saturated carbocycles. The molecule has 480 valence electrons. The Morgan fingerprint density at radius 1 is 0.304 bits per heavy atom. The van der Waals surface area contributed by atoms with Crippen LogP contribution in [0, 0.1) is 23.7 Å². The Hall–Kier alpha value is -8.00. The van der Waals surface area contributed by atoms with Crippen molar-refractivity contribution in [3.05, 3.63) is 235 Å². The molecule has 0 unspecified atom stereocenters. The third kappa shape index (κ3) is 12.9. The number of hydrogen-bond acceptors (Lipinski definition) is 12. The van der Waals surface area contributed by atoms with Gasteiger partial charge >= 0.3 is 0 Å². The van der Waals surface area contributed by atoms with Crippen molar-refractivity contribution in [1.29, 1.82) is 0 Å². The van der Waals surface area contributed by atoms with Crippen molar-refractivity contribution in [3.63, 3.8) is 0 Å². The number of fused-ring (bicyclic) bond motifs is 16. The monoisotopic (exact) mass is 1240 g/mol. The smallest absolute Gasteiger partial charge is 0.142 e. The molecule has 0 saturated heterocycles. The van der Waals surface area contributed by atoms with E-state index in [1.807, 2.05) is 24.3 Å². The molecule has 4 aliphatic heterocycles. The summed E-state index contributed by atoms with van der Waals surface area (Å²) >= 11 is 0. The highest BCUT2D eigenvalue weighted by Gasteiger charge is 2.42. The molecule has 92 heavy (non-hydrogen) atoms. The predicted molar refractivity (Wildman–Crippen MR) is 362 cm³/mol. The number of nitrogens with zero attached hydrogens (tertiary/aromatic N) is 4. The van der Waals surface area contributed by atoms with Gasteiger partial charge in [0.1, 0.15) is 72.9 Å². The van der Waals surface area contributed by atoms with Crippen molar-refractivity contribution in [2.24, 2.45) is 23.7 Å². The fourth-order valence-corrected chi connectivity index (χ4v) is 15.4. The number of ether oxygens (including phenoxy) is 4. The molecule has 0 radical (unpaired) electrons. The van der Waals surface area contributed by atoms with Crippen LogP contribution in [0.4, 0.5) is 0 Å². The van der Waals surface area contributed by atoms with Crippen LogP contribution in [-0.4, -0.2) is 66.9 Å². The van der Waals surface area contributed by atoms with Gasteiger partial charge in [-0.15, -0.1) is 0 Å². The van der Waals surface area contributed by atoms with E-state index in [0.29, 0.717) is 150 Å². The molecule has 13 rings (SSSR count). The molecule has 8 aromatic rings. The number of phenolic OH excluding ortho intramolecular Hbond substituents is 4. The minimum atomic E-state index is -0.515. The summed E-state index contributed by atoms with van der Waals surface area (Å²) in [6, 6.07) is 50.6. The van der Waals surface area contributed by atoms with Gasteiger partial charge in [0.25, 0.3) is 0 Å². The van der Waals surface area contributed by atoms with Gasteiger partial charge in [-0.05, 0) is 95.9 Å². The molecule has 0 aromatic heterocycles. The largest absolute Gasteiger partial charge is 0.507 e. The number of phenols is 4. The second kappa shape index (κ2) is 26.9. The van der Waals surface area contributed by atoms with Gasteiger partial charge in [-0.2, -0.15) is 0 Å². The molecule has 0 spiro atoms. The predicted octanol–water partition coefficient (Wildman–Crippen LogP) is 16.9. The molecule has 12 heteroatoms. The van der Waals surface area contributed by atoms with E-state index in [1.165, 1.54) is 0 Å². The number of aromatic hydroxyl groups is 4. The van der Waals surface area contributed by atoms with E-state index in [-0.39, 0.29) is 58.5 Å². The van der Waals surface area contributed by atoms with Crippen molar-refractivity contribution in [3.8, 4) is 46.0 Å². The molecular formula is C80H92N4O8. The van der Waals surface area contributed by atoms with E-state index in [9.17, 15) is 20.4 Å². The average molecular weight is 1240 g/mol. The third-order valence-electron chi connectivity index (χ3n) is 19.5. The summed E-state index contributed by atoms with van der Waals surface area (Å²) in [5, 5.41) is 54.5. The van der Waals surface area contributed by atoms with Crippen LogP contribution in [0.5, 0.6) is 46.0 Å². The van der Waals surface area contributed by atoms with E-state index in [0.717, 1.165) is 66.8 Å². The molecule has 0 amide bonds. The number of rotatable bonds is 16. The van der Waals surface area contributed by atoms with Crippen molar-refractivity contribution < 1.29 is 39.4 Å². The lowest BCUT2D eigenvalue weighted by atomic mass is 9.73. The standard InChI is InChI=1S/C80H92N4O8/c1-49(2)29-57-61-33-65(77-69(73(61)85)41-81(45-89-77)37-53-21-13-9-14-22-53)59(31-51(5)6)67-35-63(75(87)71-43-83(47-91-79(67)71)39-55-25-17-11-18-26-55)58(30-50(3)4)64-36-68(80-72(76(64)88)44-84(48-92-80)40-56-27-19-12-20-28-56)60(32-52(7)8)66-34-62(57)74(86)70-42-82(46-90-78(66)70)38-54-23-15-10-16-24-54/h9-28,33-36,49-52,57-60,85-88H,29-32,37-48H2,1-8H3. The first-order valence-electron chi connectivity index (χ1n) is 33.6. The maximum Gasteiger partial charge on any atom is 0.142 e. The topological polar surface area (TPSA) is 131 Å². The highest BCUT2D eigenvalue weighted by Crippen LogP contribution is 2.58. The molecule has 8 aromatic carbocycles. The molecule has 8 bridgehead atoms. The highest BCUT2D eigenvalue weighted by molar-refractivity contribution is 5.69. The van der Waals surface area contributed by atoms with Crippen LogP contribution in [-0.2, 0) is 52.4 Å². The summed E-state index contributed by atoms with van der Waals surface area (Å²) in [6.07, 6.45) is 2.54. The lowest BCUT2D eigenvalue weighted by molar-refractivity contribution is 0.0834.